The van der Waals surface area contributed by atoms with Crippen molar-refractivity contribution in [3.8, 4) is 5.75 Å². The van der Waals surface area contributed by atoms with Gasteiger partial charge >= 0.3 is 17.9 Å². The number of aromatic hydroxyl groups is 1. The van der Waals surface area contributed by atoms with Gasteiger partial charge in [0.25, 0.3) is 5.91 Å². The van der Waals surface area contributed by atoms with Crippen LogP contribution in [0, 0.1) is 0 Å². The highest BCUT2D eigenvalue weighted by Gasteiger charge is 2.17. The predicted molar refractivity (Wildman–Crippen MR) is 104 cm³/mol. The molecule has 0 aliphatic carbocycles. The molecule has 2 N–H and O–H groups in total. The molecule has 152 valence electrons. The maximum Gasteiger partial charge on any atom is 0.342 e. The van der Waals surface area contributed by atoms with Gasteiger partial charge in [0.1, 0.15) is 11.3 Å². The highest BCUT2D eigenvalue weighted by Crippen LogP contribution is 2.22. The summed E-state index contributed by atoms with van der Waals surface area (Å²) in [6.07, 6.45) is 0. The Hall–Kier alpha value is -3.40. The van der Waals surface area contributed by atoms with Crippen LogP contribution in [0.4, 0.5) is 5.69 Å². The maximum atomic E-state index is 12.1. The van der Waals surface area contributed by atoms with Gasteiger partial charge in [0.05, 0.1) is 25.3 Å². The molecule has 2 aromatic carbocycles. The highest BCUT2D eigenvalue weighted by atomic mass is 79.9. The lowest BCUT2D eigenvalue weighted by Crippen LogP contribution is -2.21. The minimum Gasteiger partial charge on any atom is -0.507 e. The summed E-state index contributed by atoms with van der Waals surface area (Å²) < 4.78 is 14.6. The molecule has 0 saturated heterocycles. The fourth-order valence-electron chi connectivity index (χ4n) is 2.25. The number of rotatable bonds is 6. The standard InChI is InChI=1S/C19H16BrNO8/c1-27-17(24)10-5-11(18(25)28-2)7-13(6-10)21-16(23)9-29-19(26)14-8-12(20)3-4-15(14)22/h3-8,22H,9H2,1-2H3,(H,21,23). The number of hydrogen-bond acceptors (Lipinski definition) is 8. The number of ether oxygens (including phenoxy) is 3. The van der Waals surface area contributed by atoms with Crippen LogP contribution in [0.2, 0.25) is 0 Å². The van der Waals surface area contributed by atoms with Crippen molar-refractivity contribution in [2.24, 2.45) is 0 Å². The summed E-state index contributed by atoms with van der Waals surface area (Å²) in [5.41, 5.74) is 0.0102. The zero-order valence-electron chi connectivity index (χ0n) is 15.4. The Morgan fingerprint density at radius 3 is 2.07 bits per heavy atom. The van der Waals surface area contributed by atoms with E-state index in [1.165, 1.54) is 50.6 Å². The second kappa shape index (κ2) is 9.69. The molecule has 0 heterocycles. The molecule has 0 radical (unpaired) electrons. The van der Waals surface area contributed by atoms with Crippen LogP contribution < -0.4 is 5.32 Å². The van der Waals surface area contributed by atoms with Crippen molar-refractivity contribution < 1.29 is 38.5 Å². The third kappa shape index (κ3) is 5.79. The molecule has 10 heteroatoms. The van der Waals surface area contributed by atoms with E-state index in [1.807, 2.05) is 0 Å². The van der Waals surface area contributed by atoms with Crippen molar-refractivity contribution in [1.29, 1.82) is 0 Å². The molecular weight excluding hydrogens is 450 g/mol. The Morgan fingerprint density at radius 1 is 0.931 bits per heavy atom. The van der Waals surface area contributed by atoms with E-state index in [0.717, 1.165) is 0 Å². The molecule has 0 aromatic heterocycles. The molecule has 1 amide bonds. The highest BCUT2D eigenvalue weighted by molar-refractivity contribution is 9.10. The molecule has 0 fully saturated rings. The molecule has 29 heavy (non-hydrogen) atoms. The number of carbonyl (C=O) groups is 4. The fourth-order valence-corrected chi connectivity index (χ4v) is 2.61. The van der Waals surface area contributed by atoms with Gasteiger partial charge in [-0.2, -0.15) is 0 Å². The normalized spacial score (nSPS) is 10.0. The minimum absolute atomic E-state index is 0.0155. The first-order valence-electron chi connectivity index (χ1n) is 8.02. The average Bonchev–Trinajstić information content (AvgIpc) is 2.72. The first kappa shape index (κ1) is 21.9. The number of hydrogen-bond donors (Lipinski definition) is 2. The largest absolute Gasteiger partial charge is 0.507 e. The van der Waals surface area contributed by atoms with Crippen LogP contribution >= 0.6 is 15.9 Å². The van der Waals surface area contributed by atoms with Gasteiger partial charge in [0.15, 0.2) is 6.61 Å². The van der Waals surface area contributed by atoms with Gasteiger partial charge in [-0.3, -0.25) is 4.79 Å². The Balaban J connectivity index is 2.11. The van der Waals surface area contributed by atoms with Crippen molar-refractivity contribution in [2.45, 2.75) is 0 Å². The van der Waals surface area contributed by atoms with Crippen molar-refractivity contribution in [1.82, 2.24) is 0 Å². The SMILES string of the molecule is COC(=O)c1cc(NC(=O)COC(=O)c2cc(Br)ccc2O)cc(C(=O)OC)c1. The molecule has 0 aliphatic rings. The quantitative estimate of drug-likeness (QED) is 0.491. The summed E-state index contributed by atoms with van der Waals surface area (Å²) in [7, 11) is 2.34. The zero-order chi connectivity index (χ0) is 21.6. The maximum absolute atomic E-state index is 12.1. The van der Waals surface area contributed by atoms with E-state index < -0.39 is 30.4 Å². The van der Waals surface area contributed by atoms with Crippen LogP contribution in [0.1, 0.15) is 31.1 Å². The lowest BCUT2D eigenvalue weighted by atomic mass is 10.1. The number of esters is 3. The van der Waals surface area contributed by atoms with Crippen molar-refractivity contribution in [3.63, 3.8) is 0 Å². The Morgan fingerprint density at radius 2 is 1.52 bits per heavy atom. The minimum atomic E-state index is -0.905. The second-order valence-corrected chi connectivity index (χ2v) is 6.48. The lowest BCUT2D eigenvalue weighted by Gasteiger charge is -2.10. The number of amides is 1. The molecule has 9 nitrogen and oxygen atoms in total. The van der Waals surface area contributed by atoms with Crippen LogP contribution in [-0.2, 0) is 19.0 Å². The van der Waals surface area contributed by atoms with Gasteiger partial charge in [-0.25, -0.2) is 14.4 Å². The van der Waals surface area contributed by atoms with Gasteiger partial charge < -0.3 is 24.6 Å². The molecular formula is C19H16BrNO8. The summed E-state index contributed by atoms with van der Waals surface area (Å²) in [6.45, 7) is -0.666. The molecule has 0 aliphatic heterocycles. The van der Waals surface area contributed by atoms with E-state index in [0.29, 0.717) is 4.47 Å². The number of phenolic OH excluding ortho intramolecular Hbond substituents is 1. The Labute approximate surface area is 173 Å². The lowest BCUT2D eigenvalue weighted by molar-refractivity contribution is -0.119. The van der Waals surface area contributed by atoms with Gasteiger partial charge in [0.2, 0.25) is 0 Å². The smallest absolute Gasteiger partial charge is 0.342 e. The van der Waals surface area contributed by atoms with Crippen LogP contribution in [0.5, 0.6) is 5.75 Å². The third-order valence-electron chi connectivity index (χ3n) is 3.57. The number of benzene rings is 2. The molecule has 2 aromatic rings. The van der Waals surface area contributed by atoms with Gasteiger partial charge in [-0.15, -0.1) is 0 Å². The van der Waals surface area contributed by atoms with Gasteiger partial charge in [-0.05, 0) is 36.4 Å². The van der Waals surface area contributed by atoms with Crippen LogP contribution in [0.3, 0.4) is 0 Å². The van der Waals surface area contributed by atoms with E-state index in [9.17, 15) is 24.3 Å². The number of phenols is 1. The Kier molecular flexibility index (Phi) is 7.32. The van der Waals surface area contributed by atoms with Crippen LogP contribution in [0.15, 0.2) is 40.9 Å². The molecule has 0 atom stereocenters. The summed E-state index contributed by atoms with van der Waals surface area (Å²) in [5.74, 6) is -3.37. The van der Waals surface area contributed by atoms with E-state index in [2.05, 4.69) is 30.7 Å². The summed E-state index contributed by atoms with van der Waals surface area (Å²) >= 11 is 3.16. The van der Waals surface area contributed by atoms with E-state index in [1.54, 1.807) is 0 Å². The molecule has 2 rings (SSSR count). The van der Waals surface area contributed by atoms with E-state index >= 15 is 0 Å². The van der Waals surface area contributed by atoms with Crippen LogP contribution in [-0.4, -0.2) is 49.7 Å². The fraction of sp³-hybridized carbons (Fsp3) is 0.158. The molecule has 0 bridgehead atoms. The monoisotopic (exact) mass is 465 g/mol. The summed E-state index contributed by atoms with van der Waals surface area (Å²) in [4.78, 5) is 47.7. The number of methoxy groups -OCH3 is 2. The van der Waals surface area contributed by atoms with Crippen molar-refractivity contribution >= 4 is 45.4 Å². The van der Waals surface area contributed by atoms with E-state index in [4.69, 9.17) is 4.74 Å². The third-order valence-corrected chi connectivity index (χ3v) is 4.07. The first-order chi connectivity index (χ1) is 13.7. The molecule has 0 spiro atoms. The van der Waals surface area contributed by atoms with Crippen LogP contribution in [0.25, 0.3) is 0 Å². The predicted octanol–water partition coefficient (Wildman–Crippen LogP) is 2.52. The molecule has 0 saturated carbocycles. The number of halogens is 1. The second-order valence-electron chi connectivity index (χ2n) is 5.57. The number of nitrogens with one attached hydrogen (secondary N) is 1. The zero-order valence-corrected chi connectivity index (χ0v) is 16.9. The number of carbonyl (C=O) groups excluding carboxylic acids is 4. The summed E-state index contributed by atoms with van der Waals surface area (Å²) in [5, 5.41) is 12.1. The first-order valence-corrected chi connectivity index (χ1v) is 8.81. The topological polar surface area (TPSA) is 128 Å². The van der Waals surface area contributed by atoms with Gasteiger partial charge in [0, 0.05) is 10.2 Å². The van der Waals surface area contributed by atoms with E-state index in [-0.39, 0.29) is 28.1 Å². The summed E-state index contributed by atoms with van der Waals surface area (Å²) in [6, 6.07) is 8.01. The van der Waals surface area contributed by atoms with Crippen molar-refractivity contribution in [2.75, 3.05) is 26.1 Å². The number of anilines is 1. The van der Waals surface area contributed by atoms with Gasteiger partial charge in [-0.1, -0.05) is 15.9 Å². The molecule has 0 unspecified atom stereocenters. The van der Waals surface area contributed by atoms with Crippen molar-refractivity contribution in [3.05, 3.63) is 57.6 Å². The Bertz CT molecular complexity index is 938. The average molecular weight is 466 g/mol.